The van der Waals surface area contributed by atoms with Gasteiger partial charge in [0.05, 0.1) is 63.8 Å². The number of halogens is 1. The summed E-state index contributed by atoms with van der Waals surface area (Å²) in [4.78, 5) is 71.5. The molecule has 7 rings (SSSR count). The summed E-state index contributed by atoms with van der Waals surface area (Å²) in [6, 6.07) is 16.9. The summed E-state index contributed by atoms with van der Waals surface area (Å²) in [6.07, 6.45) is -0.115. The minimum atomic E-state index is -1.79. The minimum Gasteiger partial charge on any atom is -0.453 e. The lowest BCUT2D eigenvalue weighted by atomic mass is 9.99. The molecule has 0 spiro atoms. The number of imidazole rings is 2. The molecule has 4 heterocycles. The third-order valence-corrected chi connectivity index (χ3v) is 14.3. The maximum atomic E-state index is 14.8. The van der Waals surface area contributed by atoms with Gasteiger partial charge in [-0.3, -0.25) is 9.59 Å². The lowest BCUT2D eigenvalue weighted by Crippen LogP contribution is -2.52. The number of H-pyrrole nitrogens is 2. The number of hydrogen-bond acceptors (Lipinski definition) is 8. The van der Waals surface area contributed by atoms with Crippen molar-refractivity contribution >= 4 is 53.9 Å². The van der Waals surface area contributed by atoms with Gasteiger partial charge in [0.1, 0.15) is 29.9 Å². The van der Waals surface area contributed by atoms with Crippen LogP contribution in [0.3, 0.4) is 0 Å². The van der Waals surface area contributed by atoms with E-state index < -0.39 is 44.6 Å². The first kappa shape index (κ1) is 41.4. The largest absolute Gasteiger partial charge is 0.453 e. The SMILES string of the molecule is COC(=O)NC(C(=O)N1C[Si](C)(C)C[C@H]1c1nc2ccc3cc(-c4ccc(-c5cnc(C6CC(F)CN6C(=O)[C@@H](NC(=O)OC)C(C)C)[nH]5)cc4)ccc3c2[nH]1)C(C)C. The van der Waals surface area contributed by atoms with Crippen LogP contribution in [0.15, 0.2) is 60.8 Å². The van der Waals surface area contributed by atoms with Gasteiger partial charge in [-0.05, 0) is 52.1 Å². The van der Waals surface area contributed by atoms with Gasteiger partial charge in [0, 0.05) is 18.0 Å². The van der Waals surface area contributed by atoms with Crippen molar-refractivity contribution in [2.24, 2.45) is 11.8 Å². The Hall–Kier alpha value is -5.77. The Morgan fingerprint density at radius 1 is 0.797 bits per heavy atom. The number of alkyl carbamates (subject to hydrolysis) is 2. The van der Waals surface area contributed by atoms with Gasteiger partial charge in [0.25, 0.3) is 0 Å². The van der Waals surface area contributed by atoms with Crippen molar-refractivity contribution in [3.8, 4) is 22.4 Å². The molecule has 2 fully saturated rings. The van der Waals surface area contributed by atoms with Gasteiger partial charge < -0.3 is 39.9 Å². The zero-order valence-corrected chi connectivity index (χ0v) is 35.8. The zero-order chi connectivity index (χ0) is 42.3. The Bertz CT molecular complexity index is 2380. The van der Waals surface area contributed by atoms with Gasteiger partial charge in [-0.15, -0.1) is 0 Å². The standard InChI is InChI=1S/C43H53FN8O6Si/c1-23(2)35(49-42(55)57-5)40(53)51-20-29(44)18-33(51)38-45-19-32(47-38)26-11-9-25(10-12-26)27-13-15-30-28(17-27)14-16-31-37(30)48-39(46-31)34-21-59(7,8)22-52(34)41(54)36(24(3)4)50-43(56)58-6/h9-17,19,23-24,29,33-36H,18,20-22H2,1-8H3,(H,45,47)(H,46,48)(H,49,55)(H,50,56)/t29?,33?,34-,35-,36?/m0/s1. The maximum absolute atomic E-state index is 14.8. The Balaban J connectivity index is 1.10. The van der Waals surface area contributed by atoms with Crippen molar-refractivity contribution in [1.82, 2.24) is 40.4 Å². The third-order valence-electron chi connectivity index (χ3n) is 11.6. The van der Waals surface area contributed by atoms with Crippen LogP contribution in [-0.2, 0) is 19.1 Å². The van der Waals surface area contributed by atoms with Gasteiger partial charge in [-0.2, -0.15) is 0 Å². The van der Waals surface area contributed by atoms with Gasteiger partial charge in [0.2, 0.25) is 11.8 Å². The molecule has 5 atom stereocenters. The number of amides is 4. The first-order valence-corrected chi connectivity index (χ1v) is 23.5. The minimum absolute atomic E-state index is 0.0878. The second-order valence-corrected chi connectivity index (χ2v) is 22.2. The van der Waals surface area contributed by atoms with Crippen LogP contribution in [0, 0.1) is 11.8 Å². The molecule has 312 valence electrons. The van der Waals surface area contributed by atoms with E-state index in [1.54, 1.807) is 6.20 Å². The number of methoxy groups -OCH3 is 2. The molecular weight excluding hydrogens is 772 g/mol. The molecule has 0 aliphatic carbocycles. The number of hydrogen-bond donors (Lipinski definition) is 4. The van der Waals surface area contributed by atoms with E-state index >= 15 is 0 Å². The smallest absolute Gasteiger partial charge is 0.407 e. The molecule has 3 unspecified atom stereocenters. The molecule has 2 aliphatic rings. The van der Waals surface area contributed by atoms with E-state index in [-0.39, 0.29) is 42.7 Å². The van der Waals surface area contributed by atoms with Gasteiger partial charge >= 0.3 is 12.2 Å². The Morgan fingerprint density at radius 2 is 1.41 bits per heavy atom. The number of carbonyl (C=O) groups is 4. The highest BCUT2D eigenvalue weighted by Gasteiger charge is 2.46. The number of fused-ring (bicyclic) bond motifs is 3. The Kier molecular flexibility index (Phi) is 11.6. The molecule has 2 aliphatic heterocycles. The predicted molar refractivity (Wildman–Crippen MR) is 226 cm³/mol. The quantitative estimate of drug-likeness (QED) is 0.106. The summed E-state index contributed by atoms with van der Waals surface area (Å²) < 4.78 is 24.3. The first-order chi connectivity index (χ1) is 28.1. The van der Waals surface area contributed by atoms with Crippen LogP contribution in [0.2, 0.25) is 19.1 Å². The van der Waals surface area contributed by atoms with Crippen molar-refractivity contribution in [3.05, 3.63) is 72.4 Å². The van der Waals surface area contributed by atoms with Crippen LogP contribution in [-0.4, -0.2) is 107 Å². The van der Waals surface area contributed by atoms with Crippen LogP contribution < -0.4 is 10.6 Å². The molecule has 2 aromatic heterocycles. The predicted octanol–water partition coefficient (Wildman–Crippen LogP) is 7.28. The number of nitrogens with one attached hydrogen (secondary N) is 4. The molecular formula is C43H53FN8O6Si. The normalized spacial score (nSPS) is 20.0. The van der Waals surface area contributed by atoms with E-state index in [1.807, 2.05) is 62.9 Å². The van der Waals surface area contributed by atoms with Crippen LogP contribution in [0.1, 0.15) is 57.8 Å². The Labute approximate surface area is 343 Å². The lowest BCUT2D eigenvalue weighted by molar-refractivity contribution is -0.136. The number of aromatic nitrogens is 4. The highest BCUT2D eigenvalue weighted by atomic mass is 28.3. The first-order valence-electron chi connectivity index (χ1n) is 20.1. The molecule has 4 N–H and O–H groups in total. The summed E-state index contributed by atoms with van der Waals surface area (Å²) in [5, 5.41) is 7.39. The average molecular weight is 825 g/mol. The topological polar surface area (TPSA) is 175 Å². The molecule has 0 saturated carbocycles. The van der Waals surface area contributed by atoms with E-state index in [0.29, 0.717) is 12.0 Å². The third kappa shape index (κ3) is 8.40. The van der Waals surface area contributed by atoms with E-state index in [2.05, 4.69) is 62.9 Å². The van der Waals surface area contributed by atoms with Gasteiger partial charge in [0.15, 0.2) is 0 Å². The summed E-state index contributed by atoms with van der Waals surface area (Å²) in [7, 11) is 0.739. The molecule has 59 heavy (non-hydrogen) atoms. The lowest BCUT2D eigenvalue weighted by Gasteiger charge is -2.30. The molecule has 0 bridgehead atoms. The van der Waals surface area contributed by atoms with Gasteiger partial charge in [-0.1, -0.05) is 83.3 Å². The van der Waals surface area contributed by atoms with Crippen LogP contribution in [0.25, 0.3) is 44.2 Å². The van der Waals surface area contributed by atoms with Crippen LogP contribution in [0.4, 0.5) is 14.0 Å². The van der Waals surface area contributed by atoms with Crippen molar-refractivity contribution in [1.29, 1.82) is 0 Å². The fraction of sp³-hybridized carbons (Fsp3) is 0.442. The van der Waals surface area contributed by atoms with Crippen molar-refractivity contribution in [3.63, 3.8) is 0 Å². The fourth-order valence-electron chi connectivity index (χ4n) is 8.45. The summed E-state index contributed by atoms with van der Waals surface area (Å²) >= 11 is 0. The number of benzene rings is 3. The molecule has 3 aromatic carbocycles. The van der Waals surface area contributed by atoms with E-state index in [4.69, 9.17) is 14.5 Å². The fourth-order valence-corrected chi connectivity index (χ4v) is 11.3. The van der Waals surface area contributed by atoms with E-state index in [1.165, 1.54) is 19.1 Å². The summed E-state index contributed by atoms with van der Waals surface area (Å²) in [5.41, 5.74) is 5.38. The zero-order valence-electron chi connectivity index (χ0n) is 34.8. The number of carbonyl (C=O) groups excluding carboxylic acids is 4. The highest BCUT2D eigenvalue weighted by Crippen LogP contribution is 2.40. The molecule has 14 nitrogen and oxygen atoms in total. The number of aromatic amines is 2. The van der Waals surface area contributed by atoms with Gasteiger partial charge in [-0.25, -0.2) is 23.9 Å². The molecule has 2 saturated heterocycles. The number of ether oxygens (including phenoxy) is 2. The van der Waals surface area contributed by atoms with Crippen molar-refractivity contribution < 1.29 is 33.0 Å². The number of nitrogens with zero attached hydrogens (tertiary/aromatic N) is 4. The Morgan fingerprint density at radius 3 is 2.03 bits per heavy atom. The van der Waals surface area contributed by atoms with Crippen molar-refractivity contribution in [2.45, 2.75) is 83.6 Å². The molecule has 16 heteroatoms. The van der Waals surface area contributed by atoms with Crippen molar-refractivity contribution in [2.75, 3.05) is 26.9 Å². The van der Waals surface area contributed by atoms with E-state index in [9.17, 15) is 23.6 Å². The van der Waals surface area contributed by atoms with Crippen LogP contribution >= 0.6 is 0 Å². The number of rotatable bonds is 10. The number of alkyl halides is 1. The second-order valence-electron chi connectivity index (χ2n) is 17.2. The second kappa shape index (κ2) is 16.5. The summed E-state index contributed by atoms with van der Waals surface area (Å²) in [5.74, 6) is 0.346. The number of likely N-dealkylation sites (tertiary alicyclic amines) is 1. The molecule has 4 amide bonds. The monoisotopic (exact) mass is 824 g/mol. The average Bonchev–Trinajstić information content (AvgIpc) is 4.02. The highest BCUT2D eigenvalue weighted by molar-refractivity contribution is 6.78. The molecule has 0 radical (unpaired) electrons. The van der Waals surface area contributed by atoms with Crippen LogP contribution in [0.5, 0.6) is 0 Å². The maximum Gasteiger partial charge on any atom is 0.407 e. The molecule has 5 aromatic rings. The van der Waals surface area contributed by atoms with E-state index in [0.717, 1.165) is 56.1 Å². The summed E-state index contributed by atoms with van der Waals surface area (Å²) in [6.45, 7) is 11.9.